The second-order valence-corrected chi connectivity index (χ2v) is 11.5. The fourth-order valence-electron chi connectivity index (χ4n) is 4.85. The van der Waals surface area contributed by atoms with Gasteiger partial charge in [-0.15, -0.1) is 11.3 Å². The summed E-state index contributed by atoms with van der Waals surface area (Å²) in [5.74, 6) is -0.921. The Kier molecular flexibility index (Phi) is 7.45. The number of hydrogen-bond acceptors (Lipinski definition) is 4. The van der Waals surface area contributed by atoms with Crippen molar-refractivity contribution in [3.63, 3.8) is 0 Å². The predicted octanol–water partition coefficient (Wildman–Crippen LogP) is 5.01. The topological polar surface area (TPSA) is 95.5 Å². The van der Waals surface area contributed by atoms with Crippen LogP contribution in [0, 0.1) is 17.3 Å². The highest BCUT2D eigenvalue weighted by molar-refractivity contribution is 7.17. The molecule has 172 valence electrons. The monoisotopic (exact) mass is 448 g/mol. The number of hydrogen-bond donors (Lipinski definition) is 3. The van der Waals surface area contributed by atoms with Gasteiger partial charge in [0.05, 0.1) is 5.56 Å². The lowest BCUT2D eigenvalue weighted by molar-refractivity contribution is -0.138. The van der Waals surface area contributed by atoms with Crippen LogP contribution in [0.3, 0.4) is 0 Å². The molecular formula is C24H36N2O4S. The van der Waals surface area contributed by atoms with Gasteiger partial charge in [-0.1, -0.05) is 40.5 Å². The normalized spacial score (nSPS) is 20.2. The molecule has 2 aliphatic rings. The summed E-state index contributed by atoms with van der Waals surface area (Å²) in [6.07, 6.45) is 7.22. The Morgan fingerprint density at radius 3 is 2.42 bits per heavy atom. The molecule has 0 radical (unpaired) electrons. The van der Waals surface area contributed by atoms with E-state index in [9.17, 15) is 14.4 Å². The highest BCUT2D eigenvalue weighted by Crippen LogP contribution is 2.44. The average molecular weight is 449 g/mol. The number of carboxylic acid groups (broad SMARTS) is 1. The van der Waals surface area contributed by atoms with Gasteiger partial charge >= 0.3 is 5.97 Å². The molecule has 0 aromatic carbocycles. The quantitative estimate of drug-likeness (QED) is 0.546. The number of carboxylic acids is 1. The summed E-state index contributed by atoms with van der Waals surface area (Å²) < 4.78 is 0. The Morgan fingerprint density at radius 1 is 1.13 bits per heavy atom. The first kappa shape index (κ1) is 23.8. The standard InChI is InChI=1S/C24H36N2O4S/c1-14(12-20(28)29)11-19(27)26-23-21(22(30)25-16-7-5-6-8-16)17-10-9-15(24(2,3)4)13-18(17)31-23/h14-16H,5-13H2,1-4H3,(H,25,30)(H,26,27)(H,28,29)/t14-,15+/m1/s1. The highest BCUT2D eigenvalue weighted by Gasteiger charge is 2.34. The van der Waals surface area contributed by atoms with Crippen LogP contribution in [0.1, 0.15) is 93.4 Å². The molecule has 7 heteroatoms. The van der Waals surface area contributed by atoms with Crippen molar-refractivity contribution < 1.29 is 19.5 Å². The molecule has 2 aliphatic carbocycles. The van der Waals surface area contributed by atoms with Crippen LogP contribution in [-0.4, -0.2) is 28.9 Å². The van der Waals surface area contributed by atoms with E-state index in [4.69, 9.17) is 5.11 Å². The summed E-state index contributed by atoms with van der Waals surface area (Å²) in [5.41, 5.74) is 1.93. The maximum absolute atomic E-state index is 13.2. The van der Waals surface area contributed by atoms with Gasteiger partial charge in [-0.05, 0) is 54.9 Å². The molecule has 1 fully saturated rings. The van der Waals surface area contributed by atoms with Crippen molar-refractivity contribution in [1.82, 2.24) is 5.32 Å². The van der Waals surface area contributed by atoms with Crippen LogP contribution < -0.4 is 10.6 Å². The van der Waals surface area contributed by atoms with Crippen LogP contribution in [0.2, 0.25) is 0 Å². The molecule has 0 aliphatic heterocycles. The molecule has 0 saturated heterocycles. The second kappa shape index (κ2) is 9.72. The van der Waals surface area contributed by atoms with Crippen molar-refractivity contribution in [2.24, 2.45) is 17.3 Å². The SMILES string of the molecule is C[C@@H](CC(=O)O)CC(=O)Nc1sc2c(c1C(=O)NC1CCCC1)CC[C@H](C(C)(C)C)C2. The molecule has 3 rings (SSSR count). The predicted molar refractivity (Wildman–Crippen MR) is 124 cm³/mol. The first-order chi connectivity index (χ1) is 14.5. The molecule has 2 atom stereocenters. The molecule has 3 N–H and O–H groups in total. The van der Waals surface area contributed by atoms with Gasteiger partial charge in [0.15, 0.2) is 0 Å². The third-order valence-electron chi connectivity index (χ3n) is 6.72. The number of rotatable bonds is 7. The lowest BCUT2D eigenvalue weighted by atomic mass is 9.72. The van der Waals surface area contributed by atoms with E-state index in [-0.39, 0.29) is 42.0 Å². The second-order valence-electron chi connectivity index (χ2n) is 10.4. The van der Waals surface area contributed by atoms with Gasteiger partial charge < -0.3 is 15.7 Å². The Labute approximate surface area is 189 Å². The molecular weight excluding hydrogens is 412 g/mol. The maximum Gasteiger partial charge on any atom is 0.303 e. The van der Waals surface area contributed by atoms with Crippen LogP contribution in [0.25, 0.3) is 0 Å². The zero-order valence-corrected chi connectivity index (χ0v) is 20.0. The van der Waals surface area contributed by atoms with Crippen molar-refractivity contribution >= 4 is 34.1 Å². The van der Waals surface area contributed by atoms with E-state index in [1.165, 1.54) is 16.2 Å². The van der Waals surface area contributed by atoms with E-state index in [1.54, 1.807) is 6.92 Å². The number of anilines is 1. The Hall–Kier alpha value is -1.89. The first-order valence-electron chi connectivity index (χ1n) is 11.5. The van der Waals surface area contributed by atoms with E-state index in [0.29, 0.717) is 16.5 Å². The molecule has 0 unspecified atom stereocenters. The molecule has 31 heavy (non-hydrogen) atoms. The summed E-state index contributed by atoms with van der Waals surface area (Å²) in [6.45, 7) is 8.54. The van der Waals surface area contributed by atoms with Gasteiger partial charge in [0.2, 0.25) is 5.91 Å². The van der Waals surface area contributed by atoms with Crippen molar-refractivity contribution in [3.05, 3.63) is 16.0 Å². The Balaban J connectivity index is 1.82. The van der Waals surface area contributed by atoms with E-state index in [1.807, 2.05) is 0 Å². The van der Waals surface area contributed by atoms with E-state index in [0.717, 1.165) is 50.5 Å². The van der Waals surface area contributed by atoms with Gasteiger partial charge in [-0.3, -0.25) is 14.4 Å². The van der Waals surface area contributed by atoms with E-state index < -0.39 is 5.97 Å². The number of carbonyl (C=O) groups excluding carboxylic acids is 2. The minimum atomic E-state index is -0.906. The zero-order chi connectivity index (χ0) is 22.8. The summed E-state index contributed by atoms with van der Waals surface area (Å²) in [5, 5.41) is 15.7. The minimum Gasteiger partial charge on any atom is -0.481 e. The van der Waals surface area contributed by atoms with Crippen molar-refractivity contribution in [2.45, 2.75) is 91.5 Å². The smallest absolute Gasteiger partial charge is 0.303 e. The van der Waals surface area contributed by atoms with Crippen molar-refractivity contribution in [1.29, 1.82) is 0 Å². The number of carbonyl (C=O) groups is 3. The molecule has 6 nitrogen and oxygen atoms in total. The molecule has 1 aromatic rings. The van der Waals surface area contributed by atoms with Gasteiger partial charge in [0, 0.05) is 23.8 Å². The number of aliphatic carboxylic acids is 1. The number of fused-ring (bicyclic) bond motifs is 1. The minimum absolute atomic E-state index is 0.0450. The molecule has 0 spiro atoms. The first-order valence-corrected chi connectivity index (χ1v) is 12.3. The average Bonchev–Trinajstić information content (AvgIpc) is 3.26. The summed E-state index contributed by atoms with van der Waals surface area (Å²) in [7, 11) is 0. The fraction of sp³-hybridized carbons (Fsp3) is 0.708. The van der Waals surface area contributed by atoms with Gasteiger partial charge in [-0.2, -0.15) is 0 Å². The Morgan fingerprint density at radius 2 is 1.81 bits per heavy atom. The summed E-state index contributed by atoms with van der Waals surface area (Å²) in [4.78, 5) is 38.0. The highest BCUT2D eigenvalue weighted by atomic mass is 32.1. The lowest BCUT2D eigenvalue weighted by Crippen LogP contribution is -2.34. The van der Waals surface area contributed by atoms with Crippen LogP contribution in [0.5, 0.6) is 0 Å². The van der Waals surface area contributed by atoms with Gasteiger partial charge in [0.1, 0.15) is 5.00 Å². The van der Waals surface area contributed by atoms with Gasteiger partial charge in [0.25, 0.3) is 5.91 Å². The van der Waals surface area contributed by atoms with Crippen LogP contribution in [0.15, 0.2) is 0 Å². The number of thiophene rings is 1. The number of amides is 2. The van der Waals surface area contributed by atoms with Crippen LogP contribution in [0.4, 0.5) is 5.00 Å². The number of nitrogens with one attached hydrogen (secondary N) is 2. The van der Waals surface area contributed by atoms with Crippen LogP contribution >= 0.6 is 11.3 Å². The molecule has 1 saturated carbocycles. The molecule has 1 heterocycles. The van der Waals surface area contributed by atoms with E-state index >= 15 is 0 Å². The fourth-order valence-corrected chi connectivity index (χ4v) is 6.19. The lowest BCUT2D eigenvalue weighted by Gasteiger charge is -2.33. The maximum atomic E-state index is 13.2. The zero-order valence-electron chi connectivity index (χ0n) is 19.2. The van der Waals surface area contributed by atoms with E-state index in [2.05, 4.69) is 31.4 Å². The largest absolute Gasteiger partial charge is 0.481 e. The summed E-state index contributed by atoms with van der Waals surface area (Å²) in [6, 6.07) is 0.216. The third kappa shape index (κ3) is 6.09. The summed E-state index contributed by atoms with van der Waals surface area (Å²) >= 11 is 1.53. The van der Waals surface area contributed by atoms with Crippen LogP contribution in [-0.2, 0) is 22.4 Å². The molecule has 1 aromatic heterocycles. The van der Waals surface area contributed by atoms with Crippen molar-refractivity contribution in [2.75, 3.05) is 5.32 Å². The van der Waals surface area contributed by atoms with Gasteiger partial charge in [-0.25, -0.2) is 0 Å². The molecule has 0 bridgehead atoms. The van der Waals surface area contributed by atoms with Crippen molar-refractivity contribution in [3.8, 4) is 0 Å². The molecule has 2 amide bonds. The Bertz CT molecular complexity index is 833. The third-order valence-corrected chi connectivity index (χ3v) is 7.89.